The van der Waals surface area contributed by atoms with Crippen molar-refractivity contribution in [3.05, 3.63) is 44.4 Å². The smallest absolute Gasteiger partial charge is 0.276 e. The van der Waals surface area contributed by atoms with Gasteiger partial charge in [-0.05, 0) is 29.7 Å². The third-order valence-corrected chi connectivity index (χ3v) is 9.17. The van der Waals surface area contributed by atoms with Crippen molar-refractivity contribution in [1.29, 1.82) is 0 Å². The zero-order chi connectivity index (χ0) is 25.1. The number of aromatic nitrogens is 3. The lowest BCUT2D eigenvalue weighted by molar-refractivity contribution is -0.384. The molecule has 11 heteroatoms. The van der Waals surface area contributed by atoms with Crippen LogP contribution in [0.4, 0.5) is 11.5 Å². The summed E-state index contributed by atoms with van der Waals surface area (Å²) in [6, 6.07) is 4.31. The second-order valence-corrected chi connectivity index (χ2v) is 11.4. The topological polar surface area (TPSA) is 134 Å². The van der Waals surface area contributed by atoms with E-state index in [0.717, 1.165) is 17.8 Å². The maximum Gasteiger partial charge on any atom is 0.276 e. The van der Waals surface area contributed by atoms with Crippen molar-refractivity contribution in [2.45, 2.75) is 46.5 Å². The van der Waals surface area contributed by atoms with Gasteiger partial charge < -0.3 is 10.2 Å². The number of likely N-dealkylation sites (tertiary alicyclic amines) is 1. The molecule has 1 aliphatic heterocycles. The van der Waals surface area contributed by atoms with Gasteiger partial charge in [-0.25, -0.2) is 4.98 Å². The second-order valence-electron chi connectivity index (χ2n) is 10.6. The van der Waals surface area contributed by atoms with Gasteiger partial charge in [-0.3, -0.25) is 24.8 Å². The van der Waals surface area contributed by atoms with Crippen molar-refractivity contribution in [3.63, 3.8) is 0 Å². The van der Waals surface area contributed by atoms with Crippen molar-refractivity contribution in [2.24, 2.45) is 16.7 Å². The average molecular weight is 497 g/mol. The molecule has 2 amide bonds. The Morgan fingerprint density at radius 1 is 1.20 bits per heavy atom. The summed E-state index contributed by atoms with van der Waals surface area (Å²) in [5, 5.41) is 23.7. The van der Waals surface area contributed by atoms with Gasteiger partial charge in [0, 0.05) is 42.4 Å². The molecule has 35 heavy (non-hydrogen) atoms. The minimum Gasteiger partial charge on any atom is -0.342 e. The number of nitro benzene ring substituents is 1. The van der Waals surface area contributed by atoms with E-state index in [1.165, 1.54) is 23.5 Å². The number of non-ortho nitro benzene ring substituents is 1. The van der Waals surface area contributed by atoms with Gasteiger partial charge in [0.1, 0.15) is 5.69 Å². The minimum absolute atomic E-state index is 0.0308. The zero-order valence-corrected chi connectivity index (χ0v) is 20.9. The maximum absolute atomic E-state index is 13.0. The number of aromatic amines is 1. The van der Waals surface area contributed by atoms with Crippen molar-refractivity contribution in [2.75, 3.05) is 18.4 Å². The maximum atomic E-state index is 13.0. The number of piperidine rings is 1. The molecule has 2 aromatic heterocycles. The molecular weight excluding hydrogens is 468 g/mol. The molecule has 2 N–H and O–H groups in total. The summed E-state index contributed by atoms with van der Waals surface area (Å²) in [7, 11) is 0. The molecule has 2 aliphatic rings. The van der Waals surface area contributed by atoms with Crippen LogP contribution >= 0.6 is 11.3 Å². The predicted octanol–water partition coefficient (Wildman–Crippen LogP) is 4.57. The van der Waals surface area contributed by atoms with E-state index in [9.17, 15) is 19.7 Å². The number of nitrogens with one attached hydrogen (secondary N) is 2. The highest BCUT2D eigenvalue weighted by atomic mass is 32.1. The van der Waals surface area contributed by atoms with E-state index in [4.69, 9.17) is 0 Å². The molecule has 10 nitrogen and oxygen atoms in total. The van der Waals surface area contributed by atoms with Crippen LogP contribution in [0.2, 0.25) is 0 Å². The normalized spacial score (nSPS) is 19.6. The van der Waals surface area contributed by atoms with Gasteiger partial charge in [0.2, 0.25) is 5.91 Å². The fourth-order valence-corrected chi connectivity index (χ4v) is 6.28. The largest absolute Gasteiger partial charge is 0.342 e. The molecule has 184 valence electrons. The van der Waals surface area contributed by atoms with Crippen molar-refractivity contribution >= 4 is 45.6 Å². The summed E-state index contributed by atoms with van der Waals surface area (Å²) >= 11 is 1.44. The van der Waals surface area contributed by atoms with E-state index < -0.39 is 10.8 Å². The second kappa shape index (κ2) is 8.11. The quantitative estimate of drug-likeness (QED) is 0.393. The number of hydrogen-bond donors (Lipinski definition) is 2. The Balaban J connectivity index is 1.22. The van der Waals surface area contributed by atoms with E-state index in [2.05, 4.69) is 48.2 Å². The van der Waals surface area contributed by atoms with Crippen LogP contribution in [0, 0.1) is 26.9 Å². The van der Waals surface area contributed by atoms with E-state index in [0.29, 0.717) is 24.0 Å². The lowest BCUT2D eigenvalue weighted by Crippen LogP contribution is -2.39. The number of benzene rings is 1. The fourth-order valence-electron chi connectivity index (χ4n) is 5.30. The first-order chi connectivity index (χ1) is 16.5. The molecular formula is C24H28N6O4S. The van der Waals surface area contributed by atoms with E-state index in [-0.39, 0.29) is 45.8 Å². The number of nitrogens with zero attached hydrogens (tertiary/aromatic N) is 4. The van der Waals surface area contributed by atoms with Gasteiger partial charge in [0.15, 0.2) is 5.82 Å². The number of hydrogen-bond acceptors (Lipinski definition) is 7. The van der Waals surface area contributed by atoms with Crippen LogP contribution in [-0.4, -0.2) is 49.9 Å². The third-order valence-electron chi connectivity index (χ3n) is 8.17. The molecule has 0 radical (unpaired) electrons. The Morgan fingerprint density at radius 3 is 2.51 bits per heavy atom. The molecule has 0 atom stereocenters. The van der Waals surface area contributed by atoms with Crippen LogP contribution in [0.1, 0.15) is 62.0 Å². The summed E-state index contributed by atoms with van der Waals surface area (Å²) in [4.78, 5) is 43.0. The molecule has 0 spiro atoms. The van der Waals surface area contributed by atoms with Crippen LogP contribution in [-0.2, 0) is 4.79 Å². The molecule has 5 rings (SSSR count). The van der Waals surface area contributed by atoms with Crippen molar-refractivity contribution in [1.82, 2.24) is 20.1 Å². The Bertz CT molecular complexity index is 1320. The average Bonchev–Trinajstić information content (AvgIpc) is 3.28. The van der Waals surface area contributed by atoms with Crippen LogP contribution in [0.3, 0.4) is 0 Å². The molecule has 3 heterocycles. The molecule has 2 fully saturated rings. The number of amides is 2. The fraction of sp³-hybridized carbons (Fsp3) is 0.500. The number of H-pyrrole nitrogens is 1. The Morgan fingerprint density at radius 2 is 1.89 bits per heavy atom. The van der Waals surface area contributed by atoms with Gasteiger partial charge in [0.25, 0.3) is 11.6 Å². The van der Waals surface area contributed by atoms with Crippen molar-refractivity contribution in [3.8, 4) is 0 Å². The summed E-state index contributed by atoms with van der Waals surface area (Å²) in [5.74, 6) is 0.337. The van der Waals surface area contributed by atoms with Crippen LogP contribution in [0.25, 0.3) is 10.9 Å². The van der Waals surface area contributed by atoms with Crippen LogP contribution < -0.4 is 5.32 Å². The Kier molecular flexibility index (Phi) is 5.42. The van der Waals surface area contributed by atoms with Gasteiger partial charge in [0.05, 0.1) is 20.8 Å². The lowest BCUT2D eigenvalue weighted by Gasteiger charge is -2.31. The highest BCUT2D eigenvalue weighted by Crippen LogP contribution is 2.68. The molecule has 0 bridgehead atoms. The first kappa shape index (κ1) is 23.4. The number of anilines is 1. The molecule has 1 saturated carbocycles. The first-order valence-electron chi connectivity index (χ1n) is 11.7. The minimum atomic E-state index is -0.490. The van der Waals surface area contributed by atoms with E-state index in [1.54, 1.807) is 11.4 Å². The molecule has 3 aromatic rings. The van der Waals surface area contributed by atoms with E-state index in [1.807, 2.05) is 4.90 Å². The summed E-state index contributed by atoms with van der Waals surface area (Å²) in [6.45, 7) is 10.1. The van der Waals surface area contributed by atoms with Gasteiger partial charge >= 0.3 is 0 Å². The first-order valence-corrected chi connectivity index (χ1v) is 12.6. The lowest BCUT2D eigenvalue weighted by atomic mass is 9.96. The van der Waals surface area contributed by atoms with Gasteiger partial charge in [-0.15, -0.1) is 11.3 Å². The van der Waals surface area contributed by atoms with Crippen LogP contribution in [0.5, 0.6) is 0 Å². The third kappa shape index (κ3) is 3.87. The highest BCUT2D eigenvalue weighted by molar-refractivity contribution is 7.10. The molecule has 1 aliphatic carbocycles. The van der Waals surface area contributed by atoms with E-state index >= 15 is 0 Å². The van der Waals surface area contributed by atoms with Gasteiger partial charge in [-0.1, -0.05) is 27.7 Å². The van der Waals surface area contributed by atoms with Crippen LogP contribution in [0.15, 0.2) is 23.6 Å². The monoisotopic (exact) mass is 496 g/mol. The summed E-state index contributed by atoms with van der Waals surface area (Å²) < 4.78 is 0. The standard InChI is InChI=1S/C24H28N6O4S/c1-23(2)18(24(23,3)4)22(32)29-9-7-13(8-10-29)21-25-17(12-35-21)20(31)26-19-15-11-14(30(33)34)5-6-16(15)27-28-19/h5-6,11-13,18H,7-10H2,1-4H3,(H2,26,27,28,31). The molecule has 0 unspecified atom stereocenters. The number of carbonyl (C=O) groups excluding carboxylic acids is 2. The number of fused-ring (bicyclic) bond motifs is 1. The highest BCUT2D eigenvalue weighted by Gasteiger charge is 2.68. The molecule has 1 saturated heterocycles. The zero-order valence-electron chi connectivity index (χ0n) is 20.1. The molecule has 1 aromatic carbocycles. The number of nitro groups is 1. The number of thiazole rings is 1. The number of rotatable bonds is 5. The predicted molar refractivity (Wildman–Crippen MR) is 132 cm³/mol. The summed E-state index contributed by atoms with van der Waals surface area (Å²) in [6.07, 6.45) is 1.64. The number of carbonyl (C=O) groups is 2. The Hall–Kier alpha value is -3.34. The van der Waals surface area contributed by atoms with Gasteiger partial charge in [-0.2, -0.15) is 5.10 Å². The SMILES string of the molecule is CC1(C)C(C(=O)N2CCC(c3nc(C(=O)Nc4n[nH]c5ccc([N+](=O)[O-])cc45)cs3)CC2)C1(C)C. The Labute approximate surface area is 206 Å². The van der Waals surface area contributed by atoms with Crippen molar-refractivity contribution < 1.29 is 14.5 Å². The summed E-state index contributed by atoms with van der Waals surface area (Å²) in [5.41, 5.74) is 0.853.